The zero-order chi connectivity index (χ0) is 19.6. The van der Waals surface area contributed by atoms with Crippen molar-refractivity contribution in [1.29, 1.82) is 0 Å². The van der Waals surface area contributed by atoms with Gasteiger partial charge >= 0.3 is 0 Å². The van der Waals surface area contributed by atoms with E-state index in [1.807, 2.05) is 44.0 Å². The Hall–Kier alpha value is -1.79. The molecule has 6 nitrogen and oxygen atoms in total. The Morgan fingerprint density at radius 1 is 1.41 bits per heavy atom. The number of nitrogens with one attached hydrogen (secondary N) is 2. The Morgan fingerprint density at radius 3 is 2.85 bits per heavy atom. The van der Waals surface area contributed by atoms with E-state index in [2.05, 4.69) is 15.6 Å². The molecule has 2 rings (SSSR count). The van der Waals surface area contributed by atoms with Crippen molar-refractivity contribution in [2.45, 2.75) is 33.1 Å². The molecule has 27 heavy (non-hydrogen) atoms. The minimum Gasteiger partial charge on any atom is -0.379 e. The van der Waals surface area contributed by atoms with Gasteiger partial charge in [-0.15, -0.1) is 0 Å². The van der Waals surface area contributed by atoms with Gasteiger partial charge in [0.25, 0.3) is 0 Å². The zero-order valence-corrected chi connectivity index (χ0v) is 17.3. The van der Waals surface area contributed by atoms with Crippen LogP contribution in [-0.4, -0.2) is 56.7 Å². The molecule has 1 aromatic rings. The van der Waals surface area contributed by atoms with Gasteiger partial charge in [0.2, 0.25) is 5.91 Å². The number of anilines is 1. The number of hydrogen-bond donors (Lipinski definition) is 2. The van der Waals surface area contributed by atoms with Crippen molar-refractivity contribution in [3.63, 3.8) is 0 Å². The fourth-order valence-corrected chi connectivity index (χ4v) is 2.79. The van der Waals surface area contributed by atoms with Crippen molar-refractivity contribution < 1.29 is 9.53 Å². The number of hydrogen-bond acceptors (Lipinski definition) is 3. The molecule has 0 unspecified atom stereocenters. The van der Waals surface area contributed by atoms with Crippen LogP contribution in [0.25, 0.3) is 0 Å². The summed E-state index contributed by atoms with van der Waals surface area (Å²) in [6.45, 7) is 7.49. The summed E-state index contributed by atoms with van der Waals surface area (Å²) in [6, 6.07) is 5.57. The quantitative estimate of drug-likeness (QED) is 0.363. The highest BCUT2D eigenvalue weighted by Gasteiger charge is 2.21. The Morgan fingerprint density at radius 2 is 2.19 bits per heavy atom. The molecule has 0 bridgehead atoms. The highest BCUT2D eigenvalue weighted by Crippen LogP contribution is 2.28. The van der Waals surface area contributed by atoms with Crippen LogP contribution in [0.1, 0.15) is 31.7 Å². The molecule has 0 atom stereocenters. The monoisotopic (exact) mass is 394 g/mol. The number of aliphatic imine (C=N–C) groups is 1. The molecule has 0 spiro atoms. The van der Waals surface area contributed by atoms with E-state index in [0.29, 0.717) is 30.3 Å². The summed E-state index contributed by atoms with van der Waals surface area (Å²) in [5.74, 6) is 1.46. The number of amides is 1. The molecule has 7 heteroatoms. The average Bonchev–Trinajstić information content (AvgIpc) is 3.44. The summed E-state index contributed by atoms with van der Waals surface area (Å²) in [7, 11) is 1.98. The number of carbonyl (C=O) groups is 1. The number of aryl methyl sites for hydroxylation is 1. The molecule has 2 N–H and O–H groups in total. The van der Waals surface area contributed by atoms with Gasteiger partial charge in [0.1, 0.15) is 0 Å². The lowest BCUT2D eigenvalue weighted by Gasteiger charge is -2.22. The van der Waals surface area contributed by atoms with Crippen molar-refractivity contribution in [2.24, 2.45) is 10.9 Å². The van der Waals surface area contributed by atoms with E-state index in [1.165, 1.54) is 12.8 Å². The Balaban J connectivity index is 1.75. The lowest BCUT2D eigenvalue weighted by atomic mass is 10.2. The van der Waals surface area contributed by atoms with Gasteiger partial charge in [-0.1, -0.05) is 17.7 Å². The van der Waals surface area contributed by atoms with Crippen LogP contribution < -0.4 is 10.6 Å². The van der Waals surface area contributed by atoms with E-state index >= 15 is 0 Å². The maximum Gasteiger partial charge on any atom is 0.226 e. The molecule has 1 amide bonds. The minimum absolute atomic E-state index is 0.101. The molecule has 1 aliphatic rings. The van der Waals surface area contributed by atoms with Gasteiger partial charge in [0.15, 0.2) is 5.96 Å². The van der Waals surface area contributed by atoms with Gasteiger partial charge in [-0.25, -0.2) is 0 Å². The Bertz CT molecular complexity index is 647. The number of nitrogens with zero attached hydrogens (tertiary/aromatic N) is 2. The van der Waals surface area contributed by atoms with Crippen LogP contribution in [0.3, 0.4) is 0 Å². The van der Waals surface area contributed by atoms with Gasteiger partial charge in [-0.05, 0) is 50.3 Å². The predicted octanol–water partition coefficient (Wildman–Crippen LogP) is 3.30. The van der Waals surface area contributed by atoms with Crippen LogP contribution in [0.2, 0.25) is 5.02 Å². The van der Waals surface area contributed by atoms with Gasteiger partial charge < -0.3 is 20.3 Å². The third-order valence-electron chi connectivity index (χ3n) is 4.32. The summed E-state index contributed by atoms with van der Waals surface area (Å²) >= 11 is 6.15. The summed E-state index contributed by atoms with van der Waals surface area (Å²) in [5, 5.41) is 6.63. The van der Waals surface area contributed by atoms with Crippen molar-refractivity contribution in [1.82, 2.24) is 10.2 Å². The van der Waals surface area contributed by atoms with Gasteiger partial charge in [-0.2, -0.15) is 0 Å². The van der Waals surface area contributed by atoms with Crippen molar-refractivity contribution in [2.75, 3.05) is 45.2 Å². The highest BCUT2D eigenvalue weighted by atomic mass is 35.5. The molecule has 0 aromatic heterocycles. The number of guanidine groups is 1. The van der Waals surface area contributed by atoms with Crippen LogP contribution in [-0.2, 0) is 9.53 Å². The molecular weight excluding hydrogens is 364 g/mol. The molecule has 0 aliphatic heterocycles. The molecule has 0 radical (unpaired) electrons. The summed E-state index contributed by atoms with van der Waals surface area (Å²) < 4.78 is 5.68. The largest absolute Gasteiger partial charge is 0.379 e. The van der Waals surface area contributed by atoms with E-state index in [1.54, 1.807) is 0 Å². The number of benzene rings is 1. The van der Waals surface area contributed by atoms with Crippen molar-refractivity contribution >= 4 is 29.2 Å². The summed E-state index contributed by atoms with van der Waals surface area (Å²) in [4.78, 5) is 18.7. The number of carbonyl (C=O) groups excluding carboxylic acids is 1. The molecular formula is C20H31ClN4O2. The molecule has 1 fully saturated rings. The lowest BCUT2D eigenvalue weighted by Crippen LogP contribution is -2.40. The van der Waals surface area contributed by atoms with E-state index in [9.17, 15) is 4.79 Å². The number of halogens is 1. The second-order valence-electron chi connectivity index (χ2n) is 6.96. The van der Waals surface area contributed by atoms with Gasteiger partial charge in [-0.3, -0.25) is 9.79 Å². The Labute approximate surface area is 167 Å². The molecule has 1 aliphatic carbocycles. The van der Waals surface area contributed by atoms with Crippen LogP contribution in [0.4, 0.5) is 5.69 Å². The molecule has 0 saturated heterocycles. The summed E-state index contributed by atoms with van der Waals surface area (Å²) in [5.41, 5.74) is 1.69. The number of likely N-dealkylation sites (N-methyl/N-ethyl adjacent to an activating group) is 1. The van der Waals surface area contributed by atoms with Crippen LogP contribution in [0.15, 0.2) is 23.2 Å². The third-order valence-corrected chi connectivity index (χ3v) is 4.63. The first-order chi connectivity index (χ1) is 13.0. The molecule has 1 saturated carbocycles. The van der Waals surface area contributed by atoms with Crippen LogP contribution >= 0.6 is 11.6 Å². The second kappa shape index (κ2) is 11.1. The van der Waals surface area contributed by atoms with E-state index in [0.717, 1.165) is 37.1 Å². The first kappa shape index (κ1) is 21.5. The molecule has 150 valence electrons. The maximum absolute atomic E-state index is 12.1. The fourth-order valence-electron chi connectivity index (χ4n) is 2.51. The first-order valence-electron chi connectivity index (χ1n) is 9.62. The maximum atomic E-state index is 12.1. The molecule has 1 aromatic carbocycles. The lowest BCUT2D eigenvalue weighted by molar-refractivity contribution is -0.116. The number of rotatable bonds is 10. The highest BCUT2D eigenvalue weighted by molar-refractivity contribution is 6.33. The minimum atomic E-state index is -0.101. The van der Waals surface area contributed by atoms with E-state index in [-0.39, 0.29) is 5.91 Å². The topological polar surface area (TPSA) is 66.0 Å². The van der Waals surface area contributed by atoms with E-state index in [4.69, 9.17) is 16.3 Å². The normalized spacial score (nSPS) is 14.1. The second-order valence-corrected chi connectivity index (χ2v) is 7.36. The van der Waals surface area contributed by atoms with Gasteiger partial charge in [0, 0.05) is 33.2 Å². The zero-order valence-electron chi connectivity index (χ0n) is 16.6. The smallest absolute Gasteiger partial charge is 0.226 e. The average molecular weight is 395 g/mol. The van der Waals surface area contributed by atoms with Crippen LogP contribution in [0.5, 0.6) is 0 Å². The summed E-state index contributed by atoms with van der Waals surface area (Å²) in [6.07, 6.45) is 2.90. The number of ether oxygens (including phenoxy) is 1. The van der Waals surface area contributed by atoms with E-state index < -0.39 is 0 Å². The molecule has 0 heterocycles. The first-order valence-corrected chi connectivity index (χ1v) is 10.0. The van der Waals surface area contributed by atoms with Crippen molar-refractivity contribution in [3.05, 3.63) is 28.8 Å². The Kier molecular flexibility index (Phi) is 8.88. The van der Waals surface area contributed by atoms with Crippen LogP contribution in [0, 0.1) is 12.8 Å². The third kappa shape index (κ3) is 8.18. The van der Waals surface area contributed by atoms with Crippen molar-refractivity contribution in [3.8, 4) is 0 Å². The van der Waals surface area contributed by atoms with Gasteiger partial charge in [0.05, 0.1) is 23.9 Å². The predicted molar refractivity (Wildman–Crippen MR) is 112 cm³/mol. The SMILES string of the molecule is CCNC(=NCCC(=O)Nc1ccc(C)cc1Cl)N(C)CCOCC1CC1. The fraction of sp³-hybridized carbons (Fsp3) is 0.600. The standard InChI is InChI=1S/C20H31ClN4O2/c1-4-22-20(25(3)11-12-27-14-16-6-7-16)23-10-9-19(26)24-18-8-5-15(2)13-17(18)21/h5,8,13,16H,4,6-7,9-12,14H2,1-3H3,(H,22,23)(H,24,26).